The zero-order chi connectivity index (χ0) is 15.9. The predicted molar refractivity (Wildman–Crippen MR) is 108 cm³/mol. The molecule has 0 saturated carbocycles. The fraction of sp³-hybridized carbons (Fsp3) is 0.588. The highest BCUT2D eigenvalue weighted by atomic mass is 127. The monoisotopic (exact) mass is 432 g/mol. The lowest BCUT2D eigenvalue weighted by atomic mass is 10.1. The van der Waals surface area contributed by atoms with E-state index in [2.05, 4.69) is 46.5 Å². The van der Waals surface area contributed by atoms with Crippen molar-refractivity contribution < 1.29 is 4.74 Å². The van der Waals surface area contributed by atoms with Gasteiger partial charge >= 0.3 is 0 Å². The number of ether oxygens (including phenoxy) is 1. The Balaban J connectivity index is 0.00000264. The number of rotatable bonds is 5. The van der Waals surface area contributed by atoms with Gasteiger partial charge in [0, 0.05) is 44.5 Å². The fourth-order valence-electron chi connectivity index (χ4n) is 2.75. The van der Waals surface area contributed by atoms with Gasteiger partial charge in [-0.15, -0.1) is 24.0 Å². The number of halogens is 1. The van der Waals surface area contributed by atoms with Gasteiger partial charge in [-0.05, 0) is 38.3 Å². The van der Waals surface area contributed by atoms with Crippen molar-refractivity contribution in [3.05, 3.63) is 24.3 Å². The summed E-state index contributed by atoms with van der Waals surface area (Å²) in [5.74, 6) is 2.44. The number of aliphatic imine (C=N–C) groups is 1. The molecule has 0 amide bonds. The average molecular weight is 432 g/mol. The summed E-state index contributed by atoms with van der Waals surface area (Å²) < 4.78 is 5.31. The molecule has 1 atom stereocenters. The first kappa shape index (κ1) is 19.9. The number of nitrogens with zero attached hydrogens (tertiary/aromatic N) is 2. The largest absolute Gasteiger partial charge is 0.497 e. The van der Waals surface area contributed by atoms with Gasteiger partial charge in [-0.25, -0.2) is 0 Å². The highest BCUT2D eigenvalue weighted by molar-refractivity contribution is 14.0. The molecule has 1 aromatic carbocycles. The maximum absolute atomic E-state index is 5.31. The average Bonchev–Trinajstić information content (AvgIpc) is 3.00. The van der Waals surface area contributed by atoms with Gasteiger partial charge < -0.3 is 20.3 Å². The third kappa shape index (κ3) is 6.08. The maximum Gasteiger partial charge on any atom is 0.191 e. The SMILES string of the molecule is CN=C(NCC1CCN(c2cccc(OC)c2)C1)NC(C)C.I. The minimum absolute atomic E-state index is 0. The van der Waals surface area contributed by atoms with Crippen molar-refractivity contribution in [3.63, 3.8) is 0 Å². The highest BCUT2D eigenvalue weighted by Gasteiger charge is 2.23. The Bertz CT molecular complexity index is 507. The second-order valence-electron chi connectivity index (χ2n) is 6.05. The first-order valence-electron chi connectivity index (χ1n) is 7.98. The fourth-order valence-corrected chi connectivity index (χ4v) is 2.75. The lowest BCUT2D eigenvalue weighted by molar-refractivity contribution is 0.415. The van der Waals surface area contributed by atoms with Crippen LogP contribution in [0.3, 0.4) is 0 Å². The van der Waals surface area contributed by atoms with Crippen molar-refractivity contribution in [1.82, 2.24) is 10.6 Å². The lowest BCUT2D eigenvalue weighted by Crippen LogP contribution is -2.43. The van der Waals surface area contributed by atoms with E-state index in [0.717, 1.165) is 31.3 Å². The number of methoxy groups -OCH3 is 1. The van der Waals surface area contributed by atoms with Crippen LogP contribution in [0.2, 0.25) is 0 Å². The van der Waals surface area contributed by atoms with Gasteiger partial charge in [-0.3, -0.25) is 4.99 Å². The number of guanidine groups is 1. The minimum atomic E-state index is 0. The Morgan fingerprint density at radius 2 is 2.22 bits per heavy atom. The molecule has 23 heavy (non-hydrogen) atoms. The molecule has 1 unspecified atom stereocenters. The van der Waals surface area contributed by atoms with Crippen LogP contribution in [0, 0.1) is 5.92 Å². The Morgan fingerprint density at radius 3 is 2.87 bits per heavy atom. The number of hydrogen-bond donors (Lipinski definition) is 2. The molecule has 0 radical (unpaired) electrons. The van der Waals surface area contributed by atoms with Crippen molar-refractivity contribution in [2.75, 3.05) is 38.7 Å². The Hall–Kier alpha value is -1.18. The van der Waals surface area contributed by atoms with Crippen molar-refractivity contribution >= 4 is 35.6 Å². The molecule has 0 spiro atoms. The van der Waals surface area contributed by atoms with Gasteiger partial charge in [0.1, 0.15) is 5.75 Å². The summed E-state index contributed by atoms with van der Waals surface area (Å²) >= 11 is 0. The van der Waals surface area contributed by atoms with E-state index < -0.39 is 0 Å². The molecule has 2 rings (SSSR count). The van der Waals surface area contributed by atoms with Gasteiger partial charge in [0.25, 0.3) is 0 Å². The topological polar surface area (TPSA) is 48.9 Å². The van der Waals surface area contributed by atoms with Crippen LogP contribution in [0.5, 0.6) is 5.75 Å². The summed E-state index contributed by atoms with van der Waals surface area (Å²) in [5.41, 5.74) is 1.24. The van der Waals surface area contributed by atoms with Gasteiger partial charge in [0.15, 0.2) is 5.96 Å². The molecule has 1 aromatic rings. The normalized spacial score (nSPS) is 17.9. The van der Waals surface area contributed by atoms with Crippen LogP contribution in [0.4, 0.5) is 5.69 Å². The highest BCUT2D eigenvalue weighted by Crippen LogP contribution is 2.26. The maximum atomic E-state index is 5.31. The van der Waals surface area contributed by atoms with E-state index >= 15 is 0 Å². The predicted octanol–water partition coefficient (Wildman–Crippen LogP) is 2.71. The Morgan fingerprint density at radius 1 is 1.43 bits per heavy atom. The smallest absolute Gasteiger partial charge is 0.191 e. The van der Waals surface area contributed by atoms with E-state index in [1.54, 1.807) is 7.11 Å². The van der Waals surface area contributed by atoms with Crippen LogP contribution in [0.1, 0.15) is 20.3 Å². The summed E-state index contributed by atoms with van der Waals surface area (Å²) in [6.07, 6.45) is 1.20. The van der Waals surface area contributed by atoms with E-state index in [1.807, 2.05) is 19.2 Å². The van der Waals surface area contributed by atoms with Gasteiger partial charge in [0.05, 0.1) is 7.11 Å². The van der Waals surface area contributed by atoms with Crippen molar-refractivity contribution in [3.8, 4) is 5.75 Å². The summed E-state index contributed by atoms with van der Waals surface area (Å²) in [6, 6.07) is 8.68. The second-order valence-corrected chi connectivity index (χ2v) is 6.05. The molecule has 1 heterocycles. The number of anilines is 1. The van der Waals surface area contributed by atoms with E-state index in [-0.39, 0.29) is 24.0 Å². The van der Waals surface area contributed by atoms with Crippen LogP contribution in [-0.4, -0.2) is 45.8 Å². The lowest BCUT2D eigenvalue weighted by Gasteiger charge is -2.20. The Kier molecular flexibility index (Phi) is 8.51. The van der Waals surface area contributed by atoms with Gasteiger partial charge in [-0.2, -0.15) is 0 Å². The van der Waals surface area contributed by atoms with Crippen molar-refractivity contribution in [1.29, 1.82) is 0 Å². The van der Waals surface area contributed by atoms with Gasteiger partial charge in [0.2, 0.25) is 0 Å². The molecule has 0 aliphatic carbocycles. The Labute approximate surface area is 156 Å². The van der Waals surface area contributed by atoms with Crippen LogP contribution in [0.25, 0.3) is 0 Å². The standard InChI is InChI=1S/C17H28N4O.HI/c1-13(2)20-17(18-3)19-11-14-8-9-21(12-14)15-6-5-7-16(10-15)22-4;/h5-7,10,13-14H,8-9,11-12H2,1-4H3,(H2,18,19,20);1H. The van der Waals surface area contributed by atoms with Crippen molar-refractivity contribution in [2.24, 2.45) is 10.9 Å². The molecule has 2 N–H and O–H groups in total. The van der Waals surface area contributed by atoms with Crippen LogP contribution in [0.15, 0.2) is 29.3 Å². The zero-order valence-corrected chi connectivity index (χ0v) is 16.8. The molecular formula is C17H29IN4O. The van der Waals surface area contributed by atoms with Gasteiger partial charge in [-0.1, -0.05) is 6.07 Å². The van der Waals surface area contributed by atoms with Crippen LogP contribution >= 0.6 is 24.0 Å². The van der Waals surface area contributed by atoms with Crippen LogP contribution < -0.4 is 20.3 Å². The van der Waals surface area contributed by atoms with E-state index in [0.29, 0.717) is 12.0 Å². The molecular weight excluding hydrogens is 403 g/mol. The van der Waals surface area contributed by atoms with E-state index in [9.17, 15) is 0 Å². The number of benzene rings is 1. The third-order valence-corrected chi connectivity index (χ3v) is 3.91. The first-order chi connectivity index (χ1) is 10.6. The quantitative estimate of drug-likeness (QED) is 0.427. The number of hydrogen-bond acceptors (Lipinski definition) is 3. The molecule has 5 nitrogen and oxygen atoms in total. The minimum Gasteiger partial charge on any atom is -0.497 e. The molecule has 0 bridgehead atoms. The summed E-state index contributed by atoms with van der Waals surface area (Å²) in [6.45, 7) is 7.35. The van der Waals surface area contributed by atoms with Crippen LogP contribution in [-0.2, 0) is 0 Å². The molecule has 1 fully saturated rings. The molecule has 6 heteroatoms. The van der Waals surface area contributed by atoms with E-state index in [4.69, 9.17) is 4.74 Å². The summed E-state index contributed by atoms with van der Waals surface area (Å²) in [5, 5.41) is 6.74. The van der Waals surface area contributed by atoms with E-state index in [1.165, 1.54) is 12.1 Å². The molecule has 130 valence electrons. The van der Waals surface area contributed by atoms with Crippen molar-refractivity contribution in [2.45, 2.75) is 26.3 Å². The first-order valence-corrected chi connectivity index (χ1v) is 7.98. The number of nitrogens with one attached hydrogen (secondary N) is 2. The molecule has 1 saturated heterocycles. The summed E-state index contributed by atoms with van der Waals surface area (Å²) in [4.78, 5) is 6.68. The molecule has 0 aromatic heterocycles. The third-order valence-electron chi connectivity index (χ3n) is 3.91. The summed E-state index contributed by atoms with van der Waals surface area (Å²) in [7, 11) is 3.53. The molecule has 1 aliphatic rings. The molecule has 1 aliphatic heterocycles. The second kappa shape index (κ2) is 9.85. The zero-order valence-electron chi connectivity index (χ0n) is 14.5.